The lowest BCUT2D eigenvalue weighted by molar-refractivity contribution is -0.117. The Bertz CT molecular complexity index is 533. The van der Waals surface area contributed by atoms with Crippen LogP contribution in [-0.4, -0.2) is 32.8 Å². The summed E-state index contributed by atoms with van der Waals surface area (Å²) in [5.41, 5.74) is 0.825. The molecule has 0 unspecified atom stereocenters. The van der Waals surface area contributed by atoms with E-state index in [1.54, 1.807) is 19.3 Å². The fourth-order valence-corrected chi connectivity index (χ4v) is 1.69. The number of ether oxygens (including phenoxy) is 2. The monoisotopic (exact) mass is 288 g/mol. The van der Waals surface area contributed by atoms with E-state index in [-0.39, 0.29) is 11.5 Å². The Kier molecular flexibility index (Phi) is 7.62. The molecule has 0 fully saturated rings. The Hall–Kier alpha value is -2.32. The average molecular weight is 288 g/mol. The maximum absolute atomic E-state index is 11.9. The van der Waals surface area contributed by atoms with Crippen molar-refractivity contribution < 1.29 is 14.3 Å². The first kappa shape index (κ1) is 16.7. The fourth-order valence-electron chi connectivity index (χ4n) is 1.69. The second-order valence-corrected chi connectivity index (χ2v) is 4.28. The van der Waals surface area contributed by atoms with Crippen LogP contribution in [0.3, 0.4) is 0 Å². The summed E-state index contributed by atoms with van der Waals surface area (Å²) in [5, 5.41) is 11.8. The highest BCUT2D eigenvalue weighted by Crippen LogP contribution is 2.15. The molecule has 0 aromatic heterocycles. The standard InChI is InChI=1S/C16H20N2O3/c1-3-21-15-7-4-6-13(11-15)10-14(12-17)16(19)18-8-5-9-20-2/h4,6-7,10-11H,3,5,8-9H2,1-2H3,(H,18,19)/b14-10+. The van der Waals surface area contributed by atoms with E-state index in [2.05, 4.69) is 5.32 Å². The van der Waals surface area contributed by atoms with E-state index in [9.17, 15) is 4.79 Å². The molecule has 0 atom stereocenters. The Balaban J connectivity index is 2.72. The lowest BCUT2D eigenvalue weighted by Crippen LogP contribution is -2.26. The van der Waals surface area contributed by atoms with Crippen LogP contribution in [0.15, 0.2) is 29.8 Å². The zero-order valence-corrected chi connectivity index (χ0v) is 12.4. The van der Waals surface area contributed by atoms with Crippen molar-refractivity contribution >= 4 is 12.0 Å². The Morgan fingerprint density at radius 1 is 1.48 bits per heavy atom. The summed E-state index contributed by atoms with van der Waals surface area (Å²) in [7, 11) is 1.60. The highest BCUT2D eigenvalue weighted by Gasteiger charge is 2.08. The fraction of sp³-hybridized carbons (Fsp3) is 0.375. The molecule has 0 radical (unpaired) electrons. The highest BCUT2D eigenvalue weighted by atomic mass is 16.5. The van der Waals surface area contributed by atoms with Crippen LogP contribution >= 0.6 is 0 Å². The maximum Gasteiger partial charge on any atom is 0.261 e. The van der Waals surface area contributed by atoms with Crippen molar-refractivity contribution in [2.45, 2.75) is 13.3 Å². The van der Waals surface area contributed by atoms with Gasteiger partial charge in [0.1, 0.15) is 17.4 Å². The van der Waals surface area contributed by atoms with Gasteiger partial charge in [0.2, 0.25) is 0 Å². The number of nitrogens with zero attached hydrogens (tertiary/aromatic N) is 1. The van der Waals surface area contributed by atoms with Gasteiger partial charge < -0.3 is 14.8 Å². The van der Waals surface area contributed by atoms with Gasteiger partial charge >= 0.3 is 0 Å². The van der Waals surface area contributed by atoms with Gasteiger partial charge in [-0.3, -0.25) is 4.79 Å². The average Bonchev–Trinajstić information content (AvgIpc) is 2.50. The molecule has 5 nitrogen and oxygen atoms in total. The third-order valence-corrected chi connectivity index (χ3v) is 2.66. The molecule has 21 heavy (non-hydrogen) atoms. The molecule has 0 bridgehead atoms. The first-order valence-corrected chi connectivity index (χ1v) is 6.83. The van der Waals surface area contributed by atoms with E-state index < -0.39 is 0 Å². The van der Waals surface area contributed by atoms with Gasteiger partial charge in [-0.15, -0.1) is 0 Å². The molecule has 0 heterocycles. The van der Waals surface area contributed by atoms with Gasteiger partial charge in [-0.25, -0.2) is 0 Å². The molecule has 1 aromatic carbocycles. The SMILES string of the molecule is CCOc1cccc(/C=C(\C#N)C(=O)NCCCOC)c1. The lowest BCUT2D eigenvalue weighted by Gasteiger charge is -2.05. The molecule has 112 valence electrons. The van der Waals surface area contributed by atoms with Crippen molar-refractivity contribution in [1.82, 2.24) is 5.32 Å². The van der Waals surface area contributed by atoms with Gasteiger partial charge in [0, 0.05) is 20.3 Å². The predicted molar refractivity (Wildman–Crippen MR) is 80.7 cm³/mol. The summed E-state index contributed by atoms with van der Waals surface area (Å²) in [4.78, 5) is 11.9. The van der Waals surface area contributed by atoms with Crippen molar-refractivity contribution in [2.24, 2.45) is 0 Å². The summed E-state index contributed by atoms with van der Waals surface area (Å²) in [5.74, 6) is 0.333. The van der Waals surface area contributed by atoms with Gasteiger partial charge in [0.05, 0.1) is 6.61 Å². The Labute approximate surface area is 125 Å². The van der Waals surface area contributed by atoms with Crippen LogP contribution in [0.4, 0.5) is 0 Å². The molecule has 1 aromatic rings. The zero-order valence-electron chi connectivity index (χ0n) is 12.4. The second-order valence-electron chi connectivity index (χ2n) is 4.28. The minimum atomic E-state index is -0.379. The molecule has 0 aliphatic heterocycles. The Morgan fingerprint density at radius 2 is 2.29 bits per heavy atom. The quantitative estimate of drug-likeness (QED) is 0.452. The number of carbonyl (C=O) groups is 1. The van der Waals surface area contributed by atoms with E-state index in [4.69, 9.17) is 14.7 Å². The van der Waals surface area contributed by atoms with E-state index in [0.29, 0.717) is 31.9 Å². The molecule has 0 aliphatic carbocycles. The number of methoxy groups -OCH3 is 1. The highest BCUT2D eigenvalue weighted by molar-refractivity contribution is 6.01. The molecule has 1 N–H and O–H groups in total. The normalized spacial score (nSPS) is 10.8. The predicted octanol–water partition coefficient (Wildman–Crippen LogP) is 2.14. The number of hydrogen-bond acceptors (Lipinski definition) is 4. The number of carbonyl (C=O) groups excluding carboxylic acids is 1. The van der Waals surface area contributed by atoms with Crippen molar-refractivity contribution in [2.75, 3.05) is 26.9 Å². The molecule has 1 amide bonds. The third-order valence-electron chi connectivity index (χ3n) is 2.66. The maximum atomic E-state index is 11.9. The number of nitrogens with one attached hydrogen (secondary N) is 1. The number of rotatable bonds is 8. The van der Waals surface area contributed by atoms with Crippen LogP contribution < -0.4 is 10.1 Å². The van der Waals surface area contributed by atoms with Gasteiger partial charge in [0.25, 0.3) is 5.91 Å². The first-order valence-electron chi connectivity index (χ1n) is 6.83. The molecular weight excluding hydrogens is 268 g/mol. The van der Waals surface area contributed by atoms with Crippen LogP contribution in [0, 0.1) is 11.3 Å². The van der Waals surface area contributed by atoms with Crippen LogP contribution in [0.25, 0.3) is 6.08 Å². The summed E-state index contributed by atoms with van der Waals surface area (Å²) in [6, 6.07) is 9.18. The molecule has 0 saturated heterocycles. The number of nitriles is 1. The van der Waals surface area contributed by atoms with Gasteiger partial charge in [-0.05, 0) is 37.1 Å². The van der Waals surface area contributed by atoms with Crippen molar-refractivity contribution in [1.29, 1.82) is 5.26 Å². The molecule has 0 aliphatic rings. The minimum Gasteiger partial charge on any atom is -0.494 e. The molecular formula is C16H20N2O3. The summed E-state index contributed by atoms with van der Waals surface area (Å²) in [6.07, 6.45) is 2.26. The largest absolute Gasteiger partial charge is 0.494 e. The summed E-state index contributed by atoms with van der Waals surface area (Å²) < 4.78 is 10.3. The molecule has 5 heteroatoms. The van der Waals surface area contributed by atoms with Gasteiger partial charge in [-0.1, -0.05) is 12.1 Å². The van der Waals surface area contributed by atoms with E-state index in [1.807, 2.05) is 31.2 Å². The Morgan fingerprint density at radius 3 is 2.95 bits per heavy atom. The topological polar surface area (TPSA) is 71.3 Å². The lowest BCUT2D eigenvalue weighted by atomic mass is 10.1. The smallest absolute Gasteiger partial charge is 0.261 e. The summed E-state index contributed by atoms with van der Waals surface area (Å²) >= 11 is 0. The van der Waals surface area contributed by atoms with E-state index >= 15 is 0 Å². The van der Waals surface area contributed by atoms with E-state index in [1.165, 1.54) is 0 Å². The van der Waals surface area contributed by atoms with E-state index in [0.717, 1.165) is 5.56 Å². The second kappa shape index (κ2) is 9.56. The number of hydrogen-bond donors (Lipinski definition) is 1. The first-order chi connectivity index (χ1) is 10.2. The number of benzene rings is 1. The third kappa shape index (κ3) is 6.11. The van der Waals surface area contributed by atoms with Gasteiger partial charge in [0.15, 0.2) is 0 Å². The molecule has 0 spiro atoms. The van der Waals surface area contributed by atoms with Crippen molar-refractivity contribution in [3.63, 3.8) is 0 Å². The minimum absolute atomic E-state index is 0.0704. The molecule has 0 saturated carbocycles. The van der Waals surface area contributed by atoms with Crippen LogP contribution in [0.2, 0.25) is 0 Å². The number of amides is 1. The van der Waals surface area contributed by atoms with Gasteiger partial charge in [-0.2, -0.15) is 5.26 Å². The van der Waals surface area contributed by atoms with Crippen LogP contribution in [0.1, 0.15) is 18.9 Å². The van der Waals surface area contributed by atoms with Crippen LogP contribution in [0.5, 0.6) is 5.75 Å². The zero-order chi connectivity index (χ0) is 15.5. The van der Waals surface area contributed by atoms with Crippen molar-refractivity contribution in [3.05, 3.63) is 35.4 Å². The summed E-state index contributed by atoms with van der Waals surface area (Å²) in [6.45, 7) is 3.52. The van der Waals surface area contributed by atoms with Crippen LogP contribution in [-0.2, 0) is 9.53 Å². The van der Waals surface area contributed by atoms with Crippen molar-refractivity contribution in [3.8, 4) is 11.8 Å². The molecule has 1 rings (SSSR count).